The van der Waals surface area contributed by atoms with Gasteiger partial charge in [-0.3, -0.25) is 4.79 Å². The summed E-state index contributed by atoms with van der Waals surface area (Å²) >= 11 is 1.60. The van der Waals surface area contributed by atoms with E-state index in [1.807, 2.05) is 18.2 Å². The average molecular weight is 442 g/mol. The molecule has 164 valence electrons. The second kappa shape index (κ2) is 9.51. The van der Waals surface area contributed by atoms with Crippen molar-refractivity contribution < 1.29 is 19.4 Å². The van der Waals surface area contributed by atoms with Gasteiger partial charge in [-0.05, 0) is 36.6 Å². The van der Waals surface area contributed by atoms with E-state index in [0.717, 1.165) is 53.0 Å². The Hall–Kier alpha value is -2.87. The van der Waals surface area contributed by atoms with Gasteiger partial charge in [0.05, 0.1) is 5.39 Å². The van der Waals surface area contributed by atoms with Crippen LogP contribution in [0.4, 0.5) is 5.82 Å². The molecule has 0 aliphatic carbocycles. The Morgan fingerprint density at radius 3 is 2.81 bits per heavy atom. The van der Waals surface area contributed by atoms with E-state index in [1.54, 1.807) is 11.3 Å². The van der Waals surface area contributed by atoms with Gasteiger partial charge in [-0.2, -0.15) is 0 Å². The van der Waals surface area contributed by atoms with Gasteiger partial charge in [0.15, 0.2) is 11.5 Å². The quantitative estimate of drug-likeness (QED) is 0.410. The summed E-state index contributed by atoms with van der Waals surface area (Å²) in [6.07, 6.45) is 4.33. The molecular weight excluding hydrogens is 414 g/mol. The molecule has 1 unspecified atom stereocenters. The molecule has 3 aromatic rings. The maximum atomic E-state index is 12.0. The van der Waals surface area contributed by atoms with Gasteiger partial charge < -0.3 is 19.9 Å². The zero-order valence-corrected chi connectivity index (χ0v) is 18.6. The van der Waals surface area contributed by atoms with Crippen molar-refractivity contribution in [3.05, 3.63) is 40.5 Å². The maximum absolute atomic E-state index is 12.0. The second-order valence-corrected chi connectivity index (χ2v) is 8.76. The summed E-state index contributed by atoms with van der Waals surface area (Å²) in [6.45, 7) is 4.98. The fourth-order valence-corrected chi connectivity index (χ4v) is 4.63. The molecular formula is C23H27N3O4S. The minimum atomic E-state index is -0.871. The van der Waals surface area contributed by atoms with Crippen LogP contribution in [-0.4, -0.2) is 27.8 Å². The van der Waals surface area contributed by atoms with Crippen molar-refractivity contribution in [3.8, 4) is 11.5 Å². The molecule has 1 aliphatic rings. The number of unbranched alkanes of at least 4 members (excludes halogenated alkanes) is 2. The van der Waals surface area contributed by atoms with Crippen LogP contribution in [0.15, 0.2) is 24.3 Å². The first-order valence-corrected chi connectivity index (χ1v) is 11.6. The van der Waals surface area contributed by atoms with Crippen LogP contribution in [0.2, 0.25) is 0 Å². The van der Waals surface area contributed by atoms with Crippen LogP contribution in [-0.2, 0) is 17.8 Å². The molecule has 8 heteroatoms. The molecule has 0 amide bonds. The Kier molecular flexibility index (Phi) is 6.56. The summed E-state index contributed by atoms with van der Waals surface area (Å²) in [6, 6.07) is 7.92. The van der Waals surface area contributed by atoms with E-state index in [0.29, 0.717) is 24.6 Å². The zero-order valence-electron chi connectivity index (χ0n) is 17.8. The second-order valence-electron chi connectivity index (χ2n) is 7.64. The van der Waals surface area contributed by atoms with Crippen LogP contribution < -0.4 is 14.8 Å². The van der Waals surface area contributed by atoms with Crippen LogP contribution in [0.5, 0.6) is 11.5 Å². The lowest BCUT2D eigenvalue weighted by atomic mass is 10.0. The molecule has 7 nitrogen and oxygen atoms in total. The summed E-state index contributed by atoms with van der Waals surface area (Å²) < 4.78 is 10.8. The lowest BCUT2D eigenvalue weighted by Crippen LogP contribution is -2.16. The minimum Gasteiger partial charge on any atom is -0.481 e. The number of ether oxygens (including phenoxy) is 2. The standard InChI is InChI=1S/C23H27N3O4S/c1-3-5-6-7-16(23(27)28)21-25-20(17-11-15(4-2)31-22(17)26-21)24-12-14-8-9-18-19(10-14)30-13-29-18/h8-11,16H,3-7,12-13H2,1-2H3,(H,27,28)(H,24,25,26). The van der Waals surface area contributed by atoms with Gasteiger partial charge >= 0.3 is 5.97 Å². The van der Waals surface area contributed by atoms with Gasteiger partial charge in [-0.15, -0.1) is 11.3 Å². The largest absolute Gasteiger partial charge is 0.481 e. The molecule has 0 radical (unpaired) electrons. The fraction of sp³-hybridized carbons (Fsp3) is 0.435. The highest BCUT2D eigenvalue weighted by Crippen LogP contribution is 2.34. The van der Waals surface area contributed by atoms with E-state index in [2.05, 4.69) is 35.2 Å². The van der Waals surface area contributed by atoms with Crippen LogP contribution in [0, 0.1) is 0 Å². The number of hydrogen-bond donors (Lipinski definition) is 2. The summed E-state index contributed by atoms with van der Waals surface area (Å²) in [7, 11) is 0. The van der Waals surface area contributed by atoms with Crippen molar-refractivity contribution in [2.24, 2.45) is 0 Å². The third-order valence-corrected chi connectivity index (χ3v) is 6.59. The molecule has 0 fully saturated rings. The van der Waals surface area contributed by atoms with E-state index >= 15 is 0 Å². The fourth-order valence-electron chi connectivity index (χ4n) is 3.65. The number of benzene rings is 1. The predicted octanol–water partition coefficient (Wildman–Crippen LogP) is 5.34. The Balaban J connectivity index is 1.63. The van der Waals surface area contributed by atoms with E-state index in [4.69, 9.17) is 9.47 Å². The number of carbonyl (C=O) groups is 1. The number of rotatable bonds is 10. The minimum absolute atomic E-state index is 0.241. The molecule has 1 aromatic carbocycles. The van der Waals surface area contributed by atoms with Crippen molar-refractivity contribution in [2.45, 2.75) is 58.4 Å². The van der Waals surface area contributed by atoms with Crippen molar-refractivity contribution >= 4 is 33.3 Å². The van der Waals surface area contributed by atoms with Crippen molar-refractivity contribution in [1.29, 1.82) is 0 Å². The highest BCUT2D eigenvalue weighted by atomic mass is 32.1. The molecule has 2 aromatic heterocycles. The molecule has 4 rings (SSSR count). The van der Waals surface area contributed by atoms with E-state index in [9.17, 15) is 9.90 Å². The van der Waals surface area contributed by atoms with Crippen molar-refractivity contribution in [1.82, 2.24) is 9.97 Å². The number of aryl methyl sites for hydroxylation is 1. The summed E-state index contributed by atoms with van der Waals surface area (Å²) in [4.78, 5) is 23.3. The van der Waals surface area contributed by atoms with Gasteiger partial charge in [0.1, 0.15) is 22.4 Å². The van der Waals surface area contributed by atoms with Crippen LogP contribution in [0.25, 0.3) is 10.2 Å². The number of fused-ring (bicyclic) bond motifs is 2. The number of carboxylic acid groups (broad SMARTS) is 1. The number of hydrogen-bond acceptors (Lipinski definition) is 7. The lowest BCUT2D eigenvalue weighted by molar-refractivity contribution is -0.139. The maximum Gasteiger partial charge on any atom is 0.314 e. The number of nitrogens with zero attached hydrogens (tertiary/aromatic N) is 2. The Bertz CT molecular complexity index is 1080. The third kappa shape index (κ3) is 4.74. The lowest BCUT2D eigenvalue weighted by Gasteiger charge is -2.14. The normalized spacial score (nSPS) is 13.5. The van der Waals surface area contributed by atoms with E-state index < -0.39 is 11.9 Å². The Labute approximate surface area is 185 Å². The average Bonchev–Trinajstić information content (AvgIpc) is 3.40. The highest BCUT2D eigenvalue weighted by Gasteiger charge is 2.25. The Morgan fingerprint density at radius 1 is 1.19 bits per heavy atom. The molecule has 1 atom stereocenters. The number of thiophene rings is 1. The van der Waals surface area contributed by atoms with E-state index in [-0.39, 0.29) is 6.79 Å². The van der Waals surface area contributed by atoms with Gasteiger partial charge in [0.25, 0.3) is 0 Å². The summed E-state index contributed by atoms with van der Waals surface area (Å²) in [5.74, 6) is 0.971. The Morgan fingerprint density at radius 2 is 2.03 bits per heavy atom. The zero-order chi connectivity index (χ0) is 21.8. The topological polar surface area (TPSA) is 93.6 Å². The highest BCUT2D eigenvalue weighted by molar-refractivity contribution is 7.18. The summed E-state index contributed by atoms with van der Waals surface area (Å²) in [5.41, 5.74) is 1.03. The van der Waals surface area contributed by atoms with Crippen LogP contribution in [0.3, 0.4) is 0 Å². The van der Waals surface area contributed by atoms with Crippen molar-refractivity contribution in [3.63, 3.8) is 0 Å². The smallest absolute Gasteiger partial charge is 0.314 e. The van der Waals surface area contributed by atoms with E-state index in [1.165, 1.54) is 4.88 Å². The molecule has 0 spiro atoms. The van der Waals surface area contributed by atoms with Crippen LogP contribution in [0.1, 0.15) is 61.7 Å². The van der Waals surface area contributed by atoms with Gasteiger partial charge in [-0.25, -0.2) is 9.97 Å². The summed E-state index contributed by atoms with van der Waals surface area (Å²) in [5, 5.41) is 14.1. The van der Waals surface area contributed by atoms with Gasteiger partial charge in [0, 0.05) is 11.4 Å². The number of anilines is 1. The molecule has 31 heavy (non-hydrogen) atoms. The predicted molar refractivity (Wildman–Crippen MR) is 121 cm³/mol. The molecule has 0 saturated carbocycles. The van der Waals surface area contributed by atoms with Crippen LogP contribution >= 0.6 is 11.3 Å². The monoisotopic (exact) mass is 441 g/mol. The molecule has 0 saturated heterocycles. The first-order chi connectivity index (χ1) is 15.1. The number of aromatic nitrogens is 2. The molecule has 1 aliphatic heterocycles. The molecule has 0 bridgehead atoms. The van der Waals surface area contributed by atoms with Gasteiger partial charge in [-0.1, -0.05) is 39.2 Å². The molecule has 2 N–H and O–H groups in total. The first-order valence-electron chi connectivity index (χ1n) is 10.7. The SMILES string of the molecule is CCCCCC(C(=O)O)c1nc(NCc2ccc3c(c2)OCO3)c2cc(CC)sc2n1. The third-order valence-electron chi connectivity index (χ3n) is 5.41. The first kappa shape index (κ1) is 21.4. The number of carboxylic acids is 1. The van der Waals surface area contributed by atoms with Gasteiger partial charge in [0.2, 0.25) is 6.79 Å². The molecule has 3 heterocycles. The number of aliphatic carboxylic acids is 1. The van der Waals surface area contributed by atoms with Crippen molar-refractivity contribution in [2.75, 3.05) is 12.1 Å². The number of nitrogens with one attached hydrogen (secondary N) is 1.